The van der Waals surface area contributed by atoms with Crippen LogP contribution in [0, 0.1) is 12.8 Å². The van der Waals surface area contributed by atoms with Crippen molar-refractivity contribution in [3.63, 3.8) is 0 Å². The molecule has 0 spiro atoms. The van der Waals surface area contributed by atoms with Gasteiger partial charge < -0.3 is 14.7 Å². The normalized spacial score (nSPS) is 20.1. The molecular weight excluding hydrogens is 478 g/mol. The molecule has 0 saturated carbocycles. The van der Waals surface area contributed by atoms with Crippen LogP contribution in [-0.2, 0) is 17.8 Å². The first-order chi connectivity index (χ1) is 18.4. The Kier molecular flexibility index (Phi) is 7.65. The van der Waals surface area contributed by atoms with Crippen molar-refractivity contribution in [2.24, 2.45) is 5.92 Å². The van der Waals surface area contributed by atoms with Crippen LogP contribution in [0.15, 0.2) is 72.8 Å². The molecule has 3 aromatic rings. The maximum Gasteiger partial charge on any atom is 0.414 e. The highest BCUT2D eigenvalue weighted by Gasteiger charge is 2.37. The lowest BCUT2D eigenvalue weighted by molar-refractivity contribution is -0.0311. The Morgan fingerprint density at radius 3 is 2.21 bits per heavy atom. The second-order valence-corrected chi connectivity index (χ2v) is 10.4. The van der Waals surface area contributed by atoms with Gasteiger partial charge >= 0.3 is 12.1 Å². The minimum absolute atomic E-state index is 0.108. The van der Waals surface area contributed by atoms with Crippen LogP contribution in [0.2, 0.25) is 0 Å². The molecule has 0 unspecified atom stereocenters. The third-order valence-corrected chi connectivity index (χ3v) is 7.83. The van der Waals surface area contributed by atoms with Gasteiger partial charge in [0.1, 0.15) is 6.10 Å². The Balaban J connectivity index is 1.44. The lowest BCUT2D eigenvalue weighted by Gasteiger charge is -2.44. The number of fused-ring (bicyclic) bond motifs is 3. The number of hydrogen-bond acceptors (Lipinski definition) is 5. The summed E-state index contributed by atoms with van der Waals surface area (Å²) in [7, 11) is 2.06. The van der Waals surface area contributed by atoms with E-state index in [1.165, 1.54) is 5.56 Å². The second kappa shape index (κ2) is 11.3. The SMILES string of the molecule is Cc1ccccc1N(C)Cc1ccccc1N(Cc1ccc(C(=O)O)cc1)C(=O)O[C@H]1CN2CCC1CC2. The number of piperidine rings is 3. The standard InChI is InChI=1S/C31H35N3O4/c1-22-7-3-5-9-27(22)32(2)20-26-8-4-6-10-28(26)34(19-23-11-13-25(14-12-23)30(35)36)31(37)38-29-21-33-17-15-24(29)16-18-33/h3-14,24,29H,15-21H2,1-2H3,(H,35,36)/t29-/m0/s1. The zero-order valence-corrected chi connectivity index (χ0v) is 22.0. The summed E-state index contributed by atoms with van der Waals surface area (Å²) in [5, 5.41) is 9.30. The molecule has 2 bridgehead atoms. The van der Waals surface area contributed by atoms with Gasteiger partial charge in [0, 0.05) is 25.8 Å². The van der Waals surface area contributed by atoms with Crippen molar-refractivity contribution in [3.8, 4) is 0 Å². The van der Waals surface area contributed by atoms with Crippen LogP contribution < -0.4 is 9.80 Å². The van der Waals surface area contributed by atoms with Crippen molar-refractivity contribution >= 4 is 23.4 Å². The van der Waals surface area contributed by atoms with Gasteiger partial charge in [0.05, 0.1) is 17.8 Å². The molecule has 1 atom stereocenters. The molecule has 38 heavy (non-hydrogen) atoms. The number of carboxylic acid groups (broad SMARTS) is 1. The van der Waals surface area contributed by atoms with E-state index in [9.17, 15) is 14.7 Å². The molecule has 3 aliphatic heterocycles. The van der Waals surface area contributed by atoms with Crippen molar-refractivity contribution in [1.29, 1.82) is 0 Å². The number of carbonyl (C=O) groups is 2. The van der Waals surface area contributed by atoms with Gasteiger partial charge in [0.2, 0.25) is 0 Å². The highest BCUT2D eigenvalue weighted by atomic mass is 16.6. The summed E-state index contributed by atoms with van der Waals surface area (Å²) in [5.41, 5.74) is 5.17. The topological polar surface area (TPSA) is 73.3 Å². The Hall–Kier alpha value is -3.84. The summed E-state index contributed by atoms with van der Waals surface area (Å²) in [6.45, 7) is 5.93. The van der Waals surface area contributed by atoms with Crippen LogP contribution in [0.25, 0.3) is 0 Å². The maximum absolute atomic E-state index is 13.8. The molecule has 1 amide bonds. The fourth-order valence-corrected chi connectivity index (χ4v) is 5.66. The molecule has 1 N–H and O–H groups in total. The Morgan fingerprint density at radius 2 is 1.58 bits per heavy atom. The first-order valence-corrected chi connectivity index (χ1v) is 13.3. The highest BCUT2D eigenvalue weighted by molar-refractivity contribution is 5.89. The molecule has 3 aromatic carbocycles. The van der Waals surface area contributed by atoms with E-state index >= 15 is 0 Å². The van der Waals surface area contributed by atoms with Gasteiger partial charge in [-0.1, -0.05) is 48.5 Å². The molecule has 6 rings (SSSR count). The molecule has 3 aliphatic rings. The number of ether oxygens (including phenoxy) is 1. The average molecular weight is 514 g/mol. The van der Waals surface area contributed by atoms with E-state index in [0.29, 0.717) is 12.5 Å². The van der Waals surface area contributed by atoms with E-state index in [1.807, 2.05) is 36.4 Å². The van der Waals surface area contributed by atoms with Crippen LogP contribution in [0.4, 0.5) is 16.2 Å². The third kappa shape index (κ3) is 5.68. The van der Waals surface area contributed by atoms with Gasteiger partial charge in [-0.2, -0.15) is 0 Å². The largest absolute Gasteiger partial charge is 0.478 e. The second-order valence-electron chi connectivity index (χ2n) is 10.4. The molecular formula is C31H35N3O4. The molecule has 3 heterocycles. The fourth-order valence-electron chi connectivity index (χ4n) is 5.66. The number of aryl methyl sites for hydroxylation is 1. The molecule has 0 aromatic heterocycles. The van der Waals surface area contributed by atoms with E-state index < -0.39 is 5.97 Å². The number of carbonyl (C=O) groups excluding carboxylic acids is 1. The van der Waals surface area contributed by atoms with Crippen molar-refractivity contribution in [3.05, 3.63) is 95.1 Å². The molecule has 7 heteroatoms. The van der Waals surface area contributed by atoms with Crippen LogP contribution in [0.5, 0.6) is 0 Å². The van der Waals surface area contributed by atoms with Crippen LogP contribution >= 0.6 is 0 Å². The summed E-state index contributed by atoms with van der Waals surface area (Å²) in [5.74, 6) is -0.567. The predicted octanol–water partition coefficient (Wildman–Crippen LogP) is 5.57. The van der Waals surface area contributed by atoms with Gasteiger partial charge in [-0.25, -0.2) is 9.59 Å². The smallest absolute Gasteiger partial charge is 0.414 e. The minimum atomic E-state index is -0.972. The van der Waals surface area contributed by atoms with Gasteiger partial charge in [-0.3, -0.25) is 9.80 Å². The number of rotatable bonds is 8. The first-order valence-electron chi connectivity index (χ1n) is 13.3. The Morgan fingerprint density at radius 1 is 0.921 bits per heavy atom. The van der Waals surface area contributed by atoms with Crippen molar-refractivity contribution < 1.29 is 19.4 Å². The summed E-state index contributed by atoms with van der Waals surface area (Å²) >= 11 is 0. The zero-order chi connectivity index (χ0) is 26.6. The average Bonchev–Trinajstić information content (AvgIpc) is 2.93. The number of anilines is 2. The van der Waals surface area contributed by atoms with Crippen LogP contribution in [0.3, 0.4) is 0 Å². The van der Waals surface area contributed by atoms with Gasteiger partial charge in [-0.05, 0) is 79.7 Å². The molecule has 7 nitrogen and oxygen atoms in total. The van der Waals surface area contributed by atoms with E-state index in [4.69, 9.17) is 4.74 Å². The van der Waals surface area contributed by atoms with Crippen LogP contribution in [0.1, 0.15) is 39.9 Å². The van der Waals surface area contributed by atoms with E-state index in [2.05, 4.69) is 35.9 Å². The van der Waals surface area contributed by atoms with E-state index in [0.717, 1.165) is 55.0 Å². The summed E-state index contributed by atoms with van der Waals surface area (Å²) in [4.78, 5) is 31.4. The number of amides is 1. The zero-order valence-electron chi connectivity index (χ0n) is 22.0. The predicted molar refractivity (Wildman–Crippen MR) is 149 cm³/mol. The molecule has 0 aliphatic carbocycles. The number of para-hydroxylation sites is 2. The Bertz CT molecular complexity index is 1280. The molecule has 3 fully saturated rings. The van der Waals surface area contributed by atoms with Gasteiger partial charge in [-0.15, -0.1) is 0 Å². The summed E-state index contributed by atoms with van der Waals surface area (Å²) < 4.78 is 6.18. The molecule has 3 saturated heterocycles. The minimum Gasteiger partial charge on any atom is -0.478 e. The quantitative estimate of drug-likeness (QED) is 0.425. The van der Waals surface area contributed by atoms with Crippen molar-refractivity contribution in [2.75, 3.05) is 36.5 Å². The lowest BCUT2D eigenvalue weighted by atomic mass is 9.86. The monoisotopic (exact) mass is 513 g/mol. The first kappa shape index (κ1) is 25.8. The lowest BCUT2D eigenvalue weighted by Crippen LogP contribution is -2.53. The third-order valence-electron chi connectivity index (χ3n) is 7.83. The highest BCUT2D eigenvalue weighted by Crippen LogP contribution is 2.32. The van der Waals surface area contributed by atoms with E-state index in [1.54, 1.807) is 29.2 Å². The van der Waals surface area contributed by atoms with E-state index in [-0.39, 0.29) is 24.3 Å². The fraction of sp³-hybridized carbons (Fsp3) is 0.355. The number of carboxylic acids is 1. The van der Waals surface area contributed by atoms with Crippen LogP contribution in [-0.4, -0.2) is 54.9 Å². The number of nitrogens with zero attached hydrogens (tertiary/aromatic N) is 3. The number of hydrogen-bond donors (Lipinski definition) is 1. The van der Waals surface area contributed by atoms with Gasteiger partial charge in [0.25, 0.3) is 0 Å². The number of aromatic carboxylic acids is 1. The number of benzene rings is 3. The Labute approximate surface area is 224 Å². The maximum atomic E-state index is 13.8. The van der Waals surface area contributed by atoms with Crippen molar-refractivity contribution in [2.45, 2.75) is 39.0 Å². The van der Waals surface area contributed by atoms with Crippen molar-refractivity contribution in [1.82, 2.24) is 4.90 Å². The summed E-state index contributed by atoms with van der Waals surface area (Å²) in [6.07, 6.45) is 1.65. The molecule has 0 radical (unpaired) electrons. The van der Waals surface area contributed by atoms with Gasteiger partial charge in [0.15, 0.2) is 0 Å². The summed E-state index contributed by atoms with van der Waals surface area (Å²) in [6, 6.07) is 22.9. The molecule has 198 valence electrons.